The maximum absolute atomic E-state index is 11.9. The molecule has 4 nitrogen and oxygen atoms in total. The first-order chi connectivity index (χ1) is 9.45. The molecule has 104 valence electrons. The molecule has 2 rings (SSSR count). The average Bonchev–Trinajstić information content (AvgIpc) is 2.38. The second-order valence-electron chi connectivity index (χ2n) is 4.63. The van der Waals surface area contributed by atoms with Gasteiger partial charge in [0, 0.05) is 21.5 Å². The Morgan fingerprint density at radius 2 is 1.50 bits per heavy atom. The Labute approximate surface area is 126 Å². The van der Waals surface area contributed by atoms with Crippen LogP contribution in [0.5, 0.6) is 0 Å². The molecule has 0 atom stereocenters. The van der Waals surface area contributed by atoms with Gasteiger partial charge in [-0.3, -0.25) is 0 Å². The van der Waals surface area contributed by atoms with Crippen molar-refractivity contribution in [2.75, 3.05) is 16.4 Å². The molecule has 2 aromatic carbocycles. The van der Waals surface area contributed by atoms with Gasteiger partial charge in [0.2, 0.25) is 0 Å². The molecule has 0 heterocycles. The van der Waals surface area contributed by atoms with Gasteiger partial charge in [0.05, 0.1) is 0 Å². The van der Waals surface area contributed by atoms with E-state index in [1.54, 1.807) is 24.3 Å². The van der Waals surface area contributed by atoms with Gasteiger partial charge in [0.15, 0.2) is 0 Å². The van der Waals surface area contributed by atoms with Crippen molar-refractivity contribution in [1.82, 2.24) is 0 Å². The second-order valence-corrected chi connectivity index (χ2v) is 5.42. The molecular weight excluding hydrogens is 318 g/mol. The maximum Gasteiger partial charge on any atom is 0.323 e. The van der Waals surface area contributed by atoms with Crippen LogP contribution in [0.2, 0.25) is 0 Å². The van der Waals surface area contributed by atoms with Crippen molar-refractivity contribution >= 4 is 39.0 Å². The third kappa shape index (κ3) is 3.51. The monoisotopic (exact) mass is 333 g/mol. The van der Waals surface area contributed by atoms with Crippen LogP contribution in [-0.4, -0.2) is 6.03 Å². The molecule has 0 saturated carbocycles. The summed E-state index contributed by atoms with van der Waals surface area (Å²) in [5, 5.41) is 5.57. The van der Waals surface area contributed by atoms with E-state index in [1.807, 2.05) is 26.0 Å². The number of benzene rings is 2. The maximum atomic E-state index is 11.9. The third-order valence-electron chi connectivity index (χ3n) is 2.86. The summed E-state index contributed by atoms with van der Waals surface area (Å²) in [5.41, 5.74) is 9.87. The van der Waals surface area contributed by atoms with Crippen molar-refractivity contribution in [1.29, 1.82) is 0 Å². The molecule has 0 saturated heterocycles. The first-order valence-electron chi connectivity index (χ1n) is 6.16. The van der Waals surface area contributed by atoms with Crippen molar-refractivity contribution < 1.29 is 4.79 Å². The van der Waals surface area contributed by atoms with Crippen LogP contribution in [-0.2, 0) is 0 Å². The smallest absolute Gasteiger partial charge is 0.323 e. The van der Waals surface area contributed by atoms with E-state index in [2.05, 4.69) is 26.6 Å². The zero-order chi connectivity index (χ0) is 14.7. The third-order valence-corrected chi connectivity index (χ3v) is 4.11. The van der Waals surface area contributed by atoms with E-state index in [0.29, 0.717) is 11.4 Å². The van der Waals surface area contributed by atoms with Gasteiger partial charge < -0.3 is 16.4 Å². The molecule has 0 aliphatic carbocycles. The highest BCUT2D eigenvalue weighted by molar-refractivity contribution is 9.10. The van der Waals surface area contributed by atoms with Gasteiger partial charge in [0.25, 0.3) is 0 Å². The minimum absolute atomic E-state index is 0.282. The number of carbonyl (C=O) groups excluding carboxylic acids is 1. The molecular formula is C15H16BrN3O. The molecule has 4 N–H and O–H groups in total. The van der Waals surface area contributed by atoms with Crippen molar-refractivity contribution in [3.63, 3.8) is 0 Å². The molecule has 2 aromatic rings. The largest absolute Gasteiger partial charge is 0.399 e. The number of hydrogen-bond acceptors (Lipinski definition) is 2. The van der Waals surface area contributed by atoms with E-state index in [9.17, 15) is 4.79 Å². The normalized spacial score (nSPS) is 10.2. The van der Waals surface area contributed by atoms with Crippen LogP contribution in [0.4, 0.5) is 21.9 Å². The van der Waals surface area contributed by atoms with Gasteiger partial charge in [-0.25, -0.2) is 4.79 Å². The quantitative estimate of drug-likeness (QED) is 0.717. The van der Waals surface area contributed by atoms with Crippen molar-refractivity contribution in [3.05, 3.63) is 52.0 Å². The van der Waals surface area contributed by atoms with Crippen molar-refractivity contribution in [2.24, 2.45) is 0 Å². The Balaban J connectivity index is 2.06. The van der Waals surface area contributed by atoms with Crippen LogP contribution >= 0.6 is 15.9 Å². The number of halogens is 1. The van der Waals surface area contributed by atoms with Crippen LogP contribution < -0.4 is 16.4 Å². The molecule has 20 heavy (non-hydrogen) atoms. The minimum atomic E-state index is -0.282. The first-order valence-corrected chi connectivity index (χ1v) is 6.95. The number of rotatable bonds is 2. The number of nitrogens with two attached hydrogens (primary N) is 1. The summed E-state index contributed by atoms with van der Waals surface area (Å²) in [4.78, 5) is 11.9. The van der Waals surface area contributed by atoms with Crippen LogP contribution in [0.1, 0.15) is 11.1 Å². The summed E-state index contributed by atoms with van der Waals surface area (Å²) in [6.45, 7) is 3.97. The molecule has 0 aromatic heterocycles. The Bertz CT molecular complexity index is 615. The summed E-state index contributed by atoms with van der Waals surface area (Å²) >= 11 is 3.50. The standard InChI is InChI=1S/C15H16BrN3O/c1-9-7-13(8-10(2)14(9)16)19-15(20)18-12-5-3-11(17)4-6-12/h3-8H,17H2,1-2H3,(H2,18,19,20). The number of carbonyl (C=O) groups is 1. The van der Waals surface area contributed by atoms with Crippen LogP contribution in [0.25, 0.3) is 0 Å². The van der Waals surface area contributed by atoms with Gasteiger partial charge >= 0.3 is 6.03 Å². The Hall–Kier alpha value is -2.01. The van der Waals surface area contributed by atoms with Crippen molar-refractivity contribution in [2.45, 2.75) is 13.8 Å². The lowest BCUT2D eigenvalue weighted by molar-refractivity contribution is 0.262. The van der Waals surface area contributed by atoms with Crippen molar-refractivity contribution in [3.8, 4) is 0 Å². The summed E-state index contributed by atoms with van der Waals surface area (Å²) in [6.07, 6.45) is 0. The topological polar surface area (TPSA) is 67.2 Å². The van der Waals surface area contributed by atoms with Crippen LogP contribution in [0.15, 0.2) is 40.9 Å². The fourth-order valence-electron chi connectivity index (χ4n) is 1.88. The van der Waals surface area contributed by atoms with E-state index < -0.39 is 0 Å². The molecule has 0 spiro atoms. The van der Waals surface area contributed by atoms with Gasteiger partial charge in [-0.05, 0) is 61.4 Å². The molecule has 0 aliphatic rings. The minimum Gasteiger partial charge on any atom is -0.399 e. The molecule has 0 unspecified atom stereocenters. The highest BCUT2D eigenvalue weighted by atomic mass is 79.9. The first kappa shape index (κ1) is 14.4. The summed E-state index contributed by atoms with van der Waals surface area (Å²) in [6, 6.07) is 10.5. The van der Waals surface area contributed by atoms with Gasteiger partial charge in [-0.1, -0.05) is 15.9 Å². The summed E-state index contributed by atoms with van der Waals surface area (Å²) < 4.78 is 1.06. The number of anilines is 3. The highest BCUT2D eigenvalue weighted by Crippen LogP contribution is 2.25. The molecule has 0 fully saturated rings. The number of nitrogen functional groups attached to an aromatic ring is 1. The van der Waals surface area contributed by atoms with Gasteiger partial charge in [0.1, 0.15) is 0 Å². The Kier molecular flexibility index (Phi) is 4.29. The SMILES string of the molecule is Cc1cc(NC(=O)Nc2ccc(N)cc2)cc(C)c1Br. The predicted octanol–water partition coefficient (Wildman–Crippen LogP) is 4.29. The average molecular weight is 334 g/mol. The number of hydrogen-bond donors (Lipinski definition) is 3. The fraction of sp³-hybridized carbons (Fsp3) is 0.133. The highest BCUT2D eigenvalue weighted by Gasteiger charge is 2.06. The van der Waals surface area contributed by atoms with E-state index in [1.165, 1.54) is 0 Å². The lowest BCUT2D eigenvalue weighted by Crippen LogP contribution is -2.19. The molecule has 0 aliphatic heterocycles. The lowest BCUT2D eigenvalue weighted by Gasteiger charge is -2.11. The number of aryl methyl sites for hydroxylation is 2. The second kappa shape index (κ2) is 5.96. The van der Waals surface area contributed by atoms with E-state index in [-0.39, 0.29) is 6.03 Å². The summed E-state index contributed by atoms with van der Waals surface area (Å²) in [7, 11) is 0. The predicted molar refractivity (Wildman–Crippen MR) is 87.1 cm³/mol. The zero-order valence-corrected chi connectivity index (χ0v) is 12.9. The zero-order valence-electron chi connectivity index (χ0n) is 11.3. The van der Waals surface area contributed by atoms with Gasteiger partial charge in [-0.15, -0.1) is 0 Å². The van der Waals surface area contributed by atoms with Crippen LogP contribution in [0, 0.1) is 13.8 Å². The molecule has 0 radical (unpaired) electrons. The Morgan fingerprint density at radius 3 is 2.05 bits per heavy atom. The Morgan fingerprint density at radius 1 is 1.00 bits per heavy atom. The van der Waals surface area contributed by atoms with Gasteiger partial charge in [-0.2, -0.15) is 0 Å². The lowest BCUT2D eigenvalue weighted by atomic mass is 10.1. The van der Waals surface area contributed by atoms with Crippen LogP contribution in [0.3, 0.4) is 0 Å². The molecule has 2 amide bonds. The van der Waals surface area contributed by atoms with E-state index >= 15 is 0 Å². The molecule has 5 heteroatoms. The number of nitrogens with one attached hydrogen (secondary N) is 2. The van der Waals surface area contributed by atoms with E-state index in [4.69, 9.17) is 5.73 Å². The number of amides is 2. The number of urea groups is 1. The fourth-order valence-corrected chi connectivity index (χ4v) is 2.11. The van der Waals surface area contributed by atoms with E-state index in [0.717, 1.165) is 21.3 Å². The summed E-state index contributed by atoms with van der Waals surface area (Å²) in [5.74, 6) is 0. The molecule has 0 bridgehead atoms.